The van der Waals surface area contributed by atoms with Gasteiger partial charge >= 0.3 is 11.7 Å². The molecule has 8 heteroatoms. The van der Waals surface area contributed by atoms with E-state index >= 15 is 0 Å². The molecule has 0 amide bonds. The monoisotopic (exact) mass is 329 g/mol. The van der Waals surface area contributed by atoms with E-state index in [1.54, 1.807) is 6.07 Å². The summed E-state index contributed by atoms with van der Waals surface area (Å²) in [7, 11) is 1.45. The van der Waals surface area contributed by atoms with Gasteiger partial charge in [-0.3, -0.25) is 13.9 Å². The quantitative estimate of drug-likeness (QED) is 0.773. The van der Waals surface area contributed by atoms with Crippen molar-refractivity contribution in [2.24, 2.45) is 7.05 Å². The third kappa shape index (κ3) is 2.58. The summed E-state index contributed by atoms with van der Waals surface area (Å²) in [4.78, 5) is 39.8. The van der Waals surface area contributed by atoms with Crippen LogP contribution in [0.4, 0.5) is 4.39 Å². The van der Waals surface area contributed by atoms with E-state index in [1.165, 1.54) is 36.0 Å². The predicted octanol–water partition coefficient (Wildman–Crippen LogP) is 0.981. The van der Waals surface area contributed by atoms with Gasteiger partial charge in [0.1, 0.15) is 11.5 Å². The fourth-order valence-electron chi connectivity index (χ4n) is 2.48. The Morgan fingerprint density at radius 1 is 1.29 bits per heavy atom. The van der Waals surface area contributed by atoms with Crippen LogP contribution in [-0.4, -0.2) is 25.2 Å². The lowest BCUT2D eigenvalue weighted by Crippen LogP contribution is -2.39. The molecule has 122 valence electrons. The average Bonchev–Trinajstić information content (AvgIpc) is 2.56. The molecule has 0 saturated carbocycles. The van der Waals surface area contributed by atoms with Crippen LogP contribution >= 0.6 is 0 Å². The van der Waals surface area contributed by atoms with Crippen LogP contribution in [-0.2, 0) is 13.6 Å². The first-order chi connectivity index (χ1) is 11.4. The average molecular weight is 329 g/mol. The maximum atomic E-state index is 13.3. The Labute approximate surface area is 134 Å². The lowest BCUT2D eigenvalue weighted by Gasteiger charge is -2.11. The molecule has 1 N–H and O–H groups in total. The number of nitrogens with zero attached hydrogens (tertiary/aromatic N) is 3. The van der Waals surface area contributed by atoms with Crippen molar-refractivity contribution in [3.8, 4) is 0 Å². The van der Waals surface area contributed by atoms with E-state index in [0.29, 0.717) is 5.56 Å². The lowest BCUT2D eigenvalue weighted by molar-refractivity contribution is 0.0690. The number of carboxylic acids is 1. The smallest absolute Gasteiger partial charge is 0.354 e. The molecule has 0 spiro atoms. The number of carboxylic acid groups (broad SMARTS) is 1. The van der Waals surface area contributed by atoms with Crippen molar-refractivity contribution < 1.29 is 14.3 Å². The predicted molar refractivity (Wildman–Crippen MR) is 83.7 cm³/mol. The number of halogens is 1. The number of aryl methyl sites for hydroxylation is 1. The molecular weight excluding hydrogens is 317 g/mol. The summed E-state index contributed by atoms with van der Waals surface area (Å²) in [6, 6.07) is 6.68. The topological polar surface area (TPSA) is 94.2 Å². The SMILES string of the molecule is Cn1c(=O)n(Cc2cccc(F)c2)c(=O)c2cc(C(=O)O)ncc21. The number of hydrogen-bond donors (Lipinski definition) is 1. The zero-order valence-corrected chi connectivity index (χ0v) is 12.6. The van der Waals surface area contributed by atoms with Gasteiger partial charge in [0.25, 0.3) is 5.56 Å². The third-order valence-electron chi connectivity index (χ3n) is 3.69. The van der Waals surface area contributed by atoms with Crippen molar-refractivity contribution >= 4 is 16.9 Å². The number of carbonyl (C=O) groups is 1. The van der Waals surface area contributed by atoms with E-state index in [1.807, 2.05) is 0 Å². The second-order valence-corrected chi connectivity index (χ2v) is 5.25. The summed E-state index contributed by atoms with van der Waals surface area (Å²) in [6.07, 6.45) is 1.17. The maximum Gasteiger partial charge on any atom is 0.354 e. The molecule has 3 rings (SSSR count). The van der Waals surface area contributed by atoms with Gasteiger partial charge in [-0.1, -0.05) is 12.1 Å². The highest BCUT2D eigenvalue weighted by molar-refractivity contribution is 5.90. The number of rotatable bonds is 3. The van der Waals surface area contributed by atoms with Crippen LogP contribution in [0, 0.1) is 5.82 Å². The molecule has 2 aromatic heterocycles. The van der Waals surface area contributed by atoms with Crippen LogP contribution in [0.1, 0.15) is 16.1 Å². The molecule has 0 aliphatic rings. The fraction of sp³-hybridized carbons (Fsp3) is 0.125. The van der Waals surface area contributed by atoms with E-state index in [4.69, 9.17) is 5.11 Å². The standard InChI is InChI=1S/C16H12FN3O4/c1-19-13-7-18-12(15(22)23)6-11(13)14(21)20(16(19)24)8-9-3-2-4-10(17)5-9/h2-7H,8H2,1H3,(H,22,23). The van der Waals surface area contributed by atoms with Crippen LogP contribution in [0.5, 0.6) is 0 Å². The molecule has 24 heavy (non-hydrogen) atoms. The minimum absolute atomic E-state index is 0.0564. The van der Waals surface area contributed by atoms with Gasteiger partial charge in [0.05, 0.1) is 23.6 Å². The molecule has 7 nitrogen and oxygen atoms in total. The molecular formula is C16H12FN3O4. The Morgan fingerprint density at radius 3 is 2.71 bits per heavy atom. The zero-order valence-electron chi connectivity index (χ0n) is 12.6. The van der Waals surface area contributed by atoms with Crippen LogP contribution in [0.15, 0.2) is 46.1 Å². The molecule has 0 aliphatic heterocycles. The maximum absolute atomic E-state index is 13.3. The number of benzene rings is 1. The first-order valence-electron chi connectivity index (χ1n) is 6.96. The number of aromatic carboxylic acids is 1. The van der Waals surface area contributed by atoms with Gasteiger partial charge in [0.15, 0.2) is 0 Å². The second kappa shape index (κ2) is 5.73. The Balaban J connectivity index is 2.26. The van der Waals surface area contributed by atoms with Crippen molar-refractivity contribution in [1.82, 2.24) is 14.1 Å². The van der Waals surface area contributed by atoms with Gasteiger partial charge in [0, 0.05) is 7.05 Å². The van der Waals surface area contributed by atoms with Crippen molar-refractivity contribution in [1.29, 1.82) is 0 Å². The van der Waals surface area contributed by atoms with E-state index < -0.39 is 23.0 Å². The molecule has 3 aromatic rings. The molecule has 0 radical (unpaired) electrons. The molecule has 0 saturated heterocycles. The van der Waals surface area contributed by atoms with Gasteiger partial charge in [-0.2, -0.15) is 0 Å². The Kier molecular flexibility index (Phi) is 3.72. The van der Waals surface area contributed by atoms with E-state index in [9.17, 15) is 18.8 Å². The van der Waals surface area contributed by atoms with Crippen molar-refractivity contribution in [3.63, 3.8) is 0 Å². The summed E-state index contributed by atoms with van der Waals surface area (Å²) in [6.45, 7) is -0.121. The van der Waals surface area contributed by atoms with Gasteiger partial charge in [-0.25, -0.2) is 19.0 Å². The van der Waals surface area contributed by atoms with Gasteiger partial charge in [0.2, 0.25) is 0 Å². The first-order valence-corrected chi connectivity index (χ1v) is 6.96. The molecule has 1 aromatic carbocycles. The summed E-state index contributed by atoms with van der Waals surface area (Å²) in [5, 5.41) is 9.07. The van der Waals surface area contributed by atoms with Gasteiger partial charge in [-0.15, -0.1) is 0 Å². The number of aromatic nitrogens is 3. The van der Waals surface area contributed by atoms with Crippen LogP contribution in [0.25, 0.3) is 10.9 Å². The van der Waals surface area contributed by atoms with Crippen molar-refractivity contribution in [2.45, 2.75) is 6.54 Å². The van der Waals surface area contributed by atoms with Crippen LogP contribution in [0.3, 0.4) is 0 Å². The highest BCUT2D eigenvalue weighted by Crippen LogP contribution is 2.09. The first kappa shape index (κ1) is 15.6. The van der Waals surface area contributed by atoms with E-state index in [0.717, 1.165) is 10.6 Å². The largest absolute Gasteiger partial charge is 0.477 e. The lowest BCUT2D eigenvalue weighted by atomic mass is 10.2. The van der Waals surface area contributed by atoms with Crippen molar-refractivity contribution in [3.05, 3.63) is 74.4 Å². The van der Waals surface area contributed by atoms with Crippen LogP contribution < -0.4 is 11.2 Å². The Bertz CT molecular complexity index is 1080. The highest BCUT2D eigenvalue weighted by Gasteiger charge is 2.14. The summed E-state index contributed by atoms with van der Waals surface area (Å²) in [5.41, 5.74) is -0.869. The number of hydrogen-bond acceptors (Lipinski definition) is 4. The molecule has 0 bridgehead atoms. The zero-order chi connectivity index (χ0) is 17.4. The number of pyridine rings is 1. The van der Waals surface area contributed by atoms with E-state index in [2.05, 4.69) is 4.98 Å². The summed E-state index contributed by atoms with van der Waals surface area (Å²) >= 11 is 0. The minimum Gasteiger partial charge on any atom is -0.477 e. The Morgan fingerprint density at radius 2 is 2.04 bits per heavy atom. The fourth-order valence-corrected chi connectivity index (χ4v) is 2.48. The minimum atomic E-state index is -1.28. The molecule has 0 fully saturated rings. The second-order valence-electron chi connectivity index (χ2n) is 5.25. The molecule has 2 heterocycles. The van der Waals surface area contributed by atoms with Gasteiger partial charge in [-0.05, 0) is 23.8 Å². The van der Waals surface area contributed by atoms with Crippen LogP contribution in [0.2, 0.25) is 0 Å². The third-order valence-corrected chi connectivity index (χ3v) is 3.69. The summed E-state index contributed by atoms with van der Waals surface area (Å²) in [5.74, 6) is -1.75. The molecule has 0 unspecified atom stereocenters. The molecule has 0 aliphatic carbocycles. The molecule has 0 atom stereocenters. The normalized spacial score (nSPS) is 10.9. The number of fused-ring (bicyclic) bond motifs is 1. The highest BCUT2D eigenvalue weighted by atomic mass is 19.1. The van der Waals surface area contributed by atoms with E-state index in [-0.39, 0.29) is 23.1 Å². The Hall–Kier alpha value is -3.29. The van der Waals surface area contributed by atoms with Gasteiger partial charge < -0.3 is 5.11 Å². The summed E-state index contributed by atoms with van der Waals surface area (Å²) < 4.78 is 15.4. The van der Waals surface area contributed by atoms with Crippen molar-refractivity contribution in [2.75, 3.05) is 0 Å².